The summed E-state index contributed by atoms with van der Waals surface area (Å²) in [6, 6.07) is 9.10. The maximum atomic E-state index is 12.9. The van der Waals surface area contributed by atoms with E-state index >= 15 is 0 Å². The standard InChI is InChI=1S/C16H18N2O4S/c1-15(2)16(14(21)22,18-12(20)8-13(18)23-15)11(19)9-17-10-6-4-3-5-7-10/h3-7,13,17H,8-9H2,1-2H3,(H,21,22)/t13-,16+/m1/s1. The summed E-state index contributed by atoms with van der Waals surface area (Å²) in [5.41, 5.74) is -1.09. The van der Waals surface area contributed by atoms with Gasteiger partial charge in [0, 0.05) is 5.69 Å². The predicted octanol–water partition coefficient (Wildman–Crippen LogP) is 1.57. The predicted molar refractivity (Wildman–Crippen MR) is 87.2 cm³/mol. The van der Waals surface area contributed by atoms with Gasteiger partial charge in [-0.25, -0.2) is 4.79 Å². The number of carboxylic acids is 1. The van der Waals surface area contributed by atoms with Gasteiger partial charge in [-0.05, 0) is 26.0 Å². The van der Waals surface area contributed by atoms with Crippen LogP contribution in [0.1, 0.15) is 20.3 Å². The lowest BCUT2D eigenvalue weighted by atomic mass is 9.78. The lowest BCUT2D eigenvalue weighted by Gasteiger charge is -2.45. The Balaban J connectivity index is 1.90. The molecule has 2 heterocycles. The van der Waals surface area contributed by atoms with E-state index in [-0.39, 0.29) is 17.8 Å². The molecule has 0 radical (unpaired) electrons. The molecule has 0 aliphatic carbocycles. The van der Waals surface area contributed by atoms with Crippen LogP contribution >= 0.6 is 11.8 Å². The molecule has 1 amide bonds. The second kappa shape index (κ2) is 5.26. The number of carboxylic acid groups (broad SMARTS) is 1. The number of para-hydroxylation sites is 1. The van der Waals surface area contributed by atoms with Crippen LogP contribution in [0.25, 0.3) is 0 Å². The Hall–Kier alpha value is -2.02. The second-order valence-electron chi connectivity index (χ2n) is 6.21. The van der Waals surface area contributed by atoms with E-state index in [4.69, 9.17) is 0 Å². The van der Waals surface area contributed by atoms with E-state index in [2.05, 4.69) is 5.32 Å². The normalized spacial score (nSPS) is 28.0. The van der Waals surface area contributed by atoms with Crippen molar-refractivity contribution in [3.63, 3.8) is 0 Å². The fraction of sp³-hybridized carbons (Fsp3) is 0.438. The van der Waals surface area contributed by atoms with Crippen LogP contribution in [0.5, 0.6) is 0 Å². The number of rotatable bonds is 5. The smallest absolute Gasteiger partial charge is 0.339 e. The van der Waals surface area contributed by atoms with Gasteiger partial charge in [0.15, 0.2) is 5.78 Å². The molecule has 0 aromatic heterocycles. The van der Waals surface area contributed by atoms with Crippen LogP contribution in [-0.2, 0) is 14.4 Å². The molecule has 2 N–H and O–H groups in total. The first-order valence-electron chi connectivity index (χ1n) is 7.36. The Kier molecular flexibility index (Phi) is 3.63. The lowest BCUT2D eigenvalue weighted by molar-refractivity contribution is -0.172. The number of fused-ring (bicyclic) bond motifs is 1. The molecule has 0 unspecified atom stereocenters. The minimum atomic E-state index is -1.82. The summed E-state index contributed by atoms with van der Waals surface area (Å²) in [4.78, 5) is 38.2. The fourth-order valence-electron chi connectivity index (χ4n) is 3.42. The number of Topliss-reactive ketones (excluding diaryl/α,β-unsaturated/α-hetero) is 1. The SMILES string of the molecule is CC1(C)S[C@@H]2CC(=O)N2[C@]1(C(=O)O)C(=O)CNc1ccccc1. The van der Waals surface area contributed by atoms with Gasteiger partial charge in [0.1, 0.15) is 0 Å². The fourth-order valence-corrected chi connectivity index (χ4v) is 5.17. The maximum Gasteiger partial charge on any atom is 0.339 e. The summed E-state index contributed by atoms with van der Waals surface area (Å²) in [5.74, 6) is -2.03. The van der Waals surface area contributed by atoms with Crippen molar-refractivity contribution in [3.05, 3.63) is 30.3 Å². The number of nitrogens with one attached hydrogen (secondary N) is 1. The topological polar surface area (TPSA) is 86.7 Å². The Morgan fingerprint density at radius 3 is 2.57 bits per heavy atom. The van der Waals surface area contributed by atoms with Crippen LogP contribution in [0.4, 0.5) is 5.69 Å². The third-order valence-corrected chi connectivity index (χ3v) is 6.04. The van der Waals surface area contributed by atoms with E-state index < -0.39 is 22.0 Å². The van der Waals surface area contributed by atoms with Crippen LogP contribution in [0.2, 0.25) is 0 Å². The number of carbonyl (C=O) groups is 3. The zero-order chi connectivity index (χ0) is 16.8. The van der Waals surface area contributed by atoms with Crippen molar-refractivity contribution in [2.75, 3.05) is 11.9 Å². The number of ketones is 1. The van der Waals surface area contributed by atoms with Crippen molar-refractivity contribution in [1.82, 2.24) is 4.90 Å². The van der Waals surface area contributed by atoms with Gasteiger partial charge in [0.2, 0.25) is 11.4 Å². The molecule has 2 fully saturated rings. The minimum absolute atomic E-state index is 0.142. The van der Waals surface area contributed by atoms with Crippen molar-refractivity contribution >= 4 is 35.1 Å². The summed E-state index contributed by atoms with van der Waals surface area (Å²) in [7, 11) is 0. The quantitative estimate of drug-likeness (QED) is 0.628. The first-order chi connectivity index (χ1) is 10.8. The molecule has 2 aliphatic heterocycles. The Morgan fingerprint density at radius 2 is 2.00 bits per heavy atom. The van der Waals surface area contributed by atoms with Crippen molar-refractivity contribution in [3.8, 4) is 0 Å². The Morgan fingerprint density at radius 1 is 1.35 bits per heavy atom. The molecule has 7 heteroatoms. The molecule has 1 aromatic rings. The largest absolute Gasteiger partial charge is 0.479 e. The average molecular weight is 334 g/mol. The molecule has 0 bridgehead atoms. The van der Waals surface area contributed by atoms with Crippen molar-refractivity contribution in [2.24, 2.45) is 0 Å². The van der Waals surface area contributed by atoms with Gasteiger partial charge < -0.3 is 15.3 Å². The molecule has 122 valence electrons. The van der Waals surface area contributed by atoms with Crippen molar-refractivity contribution in [2.45, 2.75) is 35.9 Å². The van der Waals surface area contributed by atoms with Gasteiger partial charge in [-0.1, -0.05) is 18.2 Å². The lowest BCUT2D eigenvalue weighted by Crippen LogP contribution is -2.71. The highest BCUT2D eigenvalue weighted by atomic mass is 32.2. The molecule has 6 nitrogen and oxygen atoms in total. The first-order valence-corrected chi connectivity index (χ1v) is 8.24. The third-order valence-electron chi connectivity index (χ3n) is 4.51. The van der Waals surface area contributed by atoms with E-state index in [1.165, 1.54) is 16.7 Å². The zero-order valence-electron chi connectivity index (χ0n) is 12.9. The van der Waals surface area contributed by atoms with Gasteiger partial charge in [0.05, 0.1) is 23.1 Å². The molecule has 2 saturated heterocycles. The highest BCUT2D eigenvalue weighted by molar-refractivity contribution is 8.01. The van der Waals surface area contributed by atoms with Gasteiger partial charge in [-0.15, -0.1) is 11.8 Å². The third kappa shape index (κ3) is 2.14. The molecule has 23 heavy (non-hydrogen) atoms. The van der Waals surface area contributed by atoms with E-state index in [1.54, 1.807) is 26.0 Å². The van der Waals surface area contributed by atoms with Gasteiger partial charge in [-0.2, -0.15) is 0 Å². The number of thioether (sulfide) groups is 1. The minimum Gasteiger partial charge on any atom is -0.479 e. The van der Waals surface area contributed by atoms with E-state index in [0.29, 0.717) is 6.42 Å². The molecule has 3 rings (SSSR count). The van der Waals surface area contributed by atoms with Gasteiger partial charge in [-0.3, -0.25) is 9.59 Å². The molecule has 0 saturated carbocycles. The Bertz CT molecular complexity index is 676. The molecular formula is C16H18N2O4S. The second-order valence-corrected chi connectivity index (χ2v) is 8.01. The summed E-state index contributed by atoms with van der Waals surface area (Å²) >= 11 is 1.38. The van der Waals surface area contributed by atoms with Crippen molar-refractivity contribution in [1.29, 1.82) is 0 Å². The monoisotopic (exact) mass is 334 g/mol. The van der Waals surface area contributed by atoms with E-state index in [9.17, 15) is 19.5 Å². The summed E-state index contributed by atoms with van der Waals surface area (Å²) in [6.45, 7) is 3.30. The number of aliphatic carboxylic acids is 1. The molecule has 0 spiro atoms. The number of hydrogen-bond donors (Lipinski definition) is 2. The number of carbonyl (C=O) groups excluding carboxylic acids is 2. The van der Waals surface area contributed by atoms with Gasteiger partial charge >= 0.3 is 5.97 Å². The first kappa shape index (κ1) is 15.9. The van der Waals surface area contributed by atoms with Crippen molar-refractivity contribution < 1.29 is 19.5 Å². The molecule has 2 aliphatic rings. The van der Waals surface area contributed by atoms with Crippen LogP contribution < -0.4 is 5.32 Å². The highest BCUT2D eigenvalue weighted by Crippen LogP contribution is 2.57. The number of hydrogen-bond acceptors (Lipinski definition) is 5. The number of amides is 1. The van der Waals surface area contributed by atoms with Crippen LogP contribution in [-0.4, -0.2) is 49.9 Å². The van der Waals surface area contributed by atoms with Crippen LogP contribution in [0.15, 0.2) is 30.3 Å². The van der Waals surface area contributed by atoms with E-state index in [1.807, 2.05) is 18.2 Å². The highest BCUT2D eigenvalue weighted by Gasteiger charge is 2.72. The number of nitrogens with zero attached hydrogens (tertiary/aromatic N) is 1. The van der Waals surface area contributed by atoms with E-state index in [0.717, 1.165) is 5.69 Å². The average Bonchev–Trinajstić information content (AvgIpc) is 2.69. The maximum absolute atomic E-state index is 12.9. The summed E-state index contributed by atoms with van der Waals surface area (Å²) in [5, 5.41) is 12.6. The number of β-lactam (4-membered cyclic amide) rings is 1. The summed E-state index contributed by atoms with van der Waals surface area (Å²) < 4.78 is -0.884. The van der Waals surface area contributed by atoms with Crippen LogP contribution in [0, 0.1) is 0 Å². The summed E-state index contributed by atoms with van der Waals surface area (Å²) in [6.07, 6.45) is 0.294. The molecular weight excluding hydrogens is 316 g/mol. The number of benzene rings is 1. The number of anilines is 1. The molecule has 2 atom stereocenters. The Labute approximate surface area is 138 Å². The van der Waals surface area contributed by atoms with Gasteiger partial charge in [0.25, 0.3) is 0 Å². The molecule has 1 aromatic carbocycles. The van der Waals surface area contributed by atoms with Crippen LogP contribution in [0.3, 0.4) is 0 Å². The zero-order valence-corrected chi connectivity index (χ0v) is 13.7.